The van der Waals surface area contributed by atoms with Crippen LogP contribution in [-0.4, -0.2) is 45.4 Å². The SMILES string of the molecule is Cl.O=[N+]([O-])c1ccc(O)c(CSC(=S)N2CCNCC2)c1. The highest BCUT2D eigenvalue weighted by atomic mass is 35.5. The molecule has 21 heavy (non-hydrogen) atoms. The van der Waals surface area contributed by atoms with Crippen LogP contribution in [0.25, 0.3) is 0 Å². The van der Waals surface area contributed by atoms with Gasteiger partial charge >= 0.3 is 0 Å². The summed E-state index contributed by atoms with van der Waals surface area (Å²) < 4.78 is 0.761. The monoisotopic (exact) mass is 349 g/mol. The van der Waals surface area contributed by atoms with Crippen LogP contribution >= 0.6 is 36.4 Å². The fourth-order valence-electron chi connectivity index (χ4n) is 1.88. The molecule has 6 nitrogen and oxygen atoms in total. The van der Waals surface area contributed by atoms with Gasteiger partial charge in [-0.25, -0.2) is 0 Å². The van der Waals surface area contributed by atoms with Crippen molar-refractivity contribution in [3.8, 4) is 5.75 Å². The van der Waals surface area contributed by atoms with Crippen molar-refractivity contribution in [3.05, 3.63) is 33.9 Å². The van der Waals surface area contributed by atoms with Gasteiger partial charge in [-0.05, 0) is 6.07 Å². The Labute approximate surface area is 138 Å². The van der Waals surface area contributed by atoms with Gasteiger partial charge in [0.15, 0.2) is 0 Å². The van der Waals surface area contributed by atoms with Gasteiger partial charge < -0.3 is 15.3 Å². The molecule has 1 aromatic rings. The van der Waals surface area contributed by atoms with Gasteiger partial charge in [0.2, 0.25) is 0 Å². The molecule has 0 saturated carbocycles. The van der Waals surface area contributed by atoms with E-state index < -0.39 is 4.92 Å². The molecule has 0 amide bonds. The van der Waals surface area contributed by atoms with Crippen molar-refractivity contribution in [2.45, 2.75) is 5.75 Å². The second-order valence-corrected chi connectivity index (χ2v) is 5.97. The fraction of sp³-hybridized carbons (Fsp3) is 0.417. The van der Waals surface area contributed by atoms with Crippen LogP contribution in [0.4, 0.5) is 5.69 Å². The molecule has 0 aromatic heterocycles. The van der Waals surface area contributed by atoms with Gasteiger partial charge in [0, 0.05) is 49.6 Å². The Morgan fingerprint density at radius 2 is 2.14 bits per heavy atom. The predicted octanol–water partition coefficient (Wildman–Crippen LogP) is 2.15. The molecule has 0 radical (unpaired) electrons. The number of nitro groups is 1. The number of thiocarbonyl (C=S) groups is 1. The molecule has 9 heteroatoms. The number of hydrogen-bond donors (Lipinski definition) is 2. The van der Waals surface area contributed by atoms with E-state index in [1.165, 1.54) is 30.0 Å². The summed E-state index contributed by atoms with van der Waals surface area (Å²) in [5.41, 5.74) is 0.508. The van der Waals surface area contributed by atoms with Crippen LogP contribution in [0.2, 0.25) is 0 Å². The lowest BCUT2D eigenvalue weighted by Gasteiger charge is -2.29. The number of phenolic OH excluding ortho intramolecular Hbond substituents is 1. The van der Waals surface area contributed by atoms with Crippen molar-refractivity contribution in [2.24, 2.45) is 0 Å². The quantitative estimate of drug-likeness (QED) is 0.491. The Balaban J connectivity index is 0.00000220. The molecule has 1 fully saturated rings. The van der Waals surface area contributed by atoms with Crippen molar-refractivity contribution in [3.63, 3.8) is 0 Å². The number of nitro benzene ring substituents is 1. The van der Waals surface area contributed by atoms with E-state index in [-0.39, 0.29) is 23.8 Å². The molecule has 1 aliphatic heterocycles. The highest BCUT2D eigenvalue weighted by molar-refractivity contribution is 8.22. The number of thioether (sulfide) groups is 1. The minimum Gasteiger partial charge on any atom is -0.508 e. The number of nitrogens with zero attached hydrogens (tertiary/aromatic N) is 2. The van der Waals surface area contributed by atoms with E-state index in [2.05, 4.69) is 10.2 Å². The van der Waals surface area contributed by atoms with E-state index in [0.29, 0.717) is 11.3 Å². The van der Waals surface area contributed by atoms with Gasteiger partial charge in [-0.2, -0.15) is 0 Å². The maximum atomic E-state index is 10.7. The van der Waals surface area contributed by atoms with Crippen molar-refractivity contribution in [1.29, 1.82) is 0 Å². The molecule has 1 heterocycles. The van der Waals surface area contributed by atoms with E-state index >= 15 is 0 Å². The van der Waals surface area contributed by atoms with Gasteiger partial charge in [0.1, 0.15) is 10.1 Å². The molecule has 116 valence electrons. The van der Waals surface area contributed by atoms with E-state index in [9.17, 15) is 15.2 Å². The van der Waals surface area contributed by atoms with E-state index in [4.69, 9.17) is 12.2 Å². The third-order valence-corrected chi connectivity index (χ3v) is 4.57. The first-order valence-corrected chi connectivity index (χ1v) is 7.56. The highest BCUT2D eigenvalue weighted by Gasteiger charge is 2.15. The number of aromatic hydroxyl groups is 1. The first kappa shape index (κ1) is 18.0. The highest BCUT2D eigenvalue weighted by Crippen LogP contribution is 2.27. The van der Waals surface area contributed by atoms with E-state index in [1.54, 1.807) is 0 Å². The number of rotatable bonds is 3. The molecule has 1 aliphatic rings. The second kappa shape index (κ2) is 8.38. The number of phenols is 1. The molecular weight excluding hydrogens is 334 g/mol. The molecule has 0 bridgehead atoms. The summed E-state index contributed by atoms with van der Waals surface area (Å²) in [4.78, 5) is 12.4. The van der Waals surface area contributed by atoms with E-state index in [1.807, 2.05) is 0 Å². The molecule has 0 aliphatic carbocycles. The van der Waals surface area contributed by atoms with Crippen LogP contribution in [0.3, 0.4) is 0 Å². The van der Waals surface area contributed by atoms with Gasteiger partial charge in [-0.1, -0.05) is 24.0 Å². The first-order chi connectivity index (χ1) is 9.58. The average Bonchev–Trinajstić information content (AvgIpc) is 2.46. The van der Waals surface area contributed by atoms with Crippen LogP contribution in [0, 0.1) is 10.1 Å². The summed E-state index contributed by atoms with van der Waals surface area (Å²) in [6.45, 7) is 3.55. The predicted molar refractivity (Wildman–Crippen MR) is 90.3 cm³/mol. The minimum atomic E-state index is -0.470. The lowest BCUT2D eigenvalue weighted by Crippen LogP contribution is -2.44. The topological polar surface area (TPSA) is 78.6 Å². The summed E-state index contributed by atoms with van der Waals surface area (Å²) >= 11 is 6.76. The number of nitrogens with one attached hydrogen (secondary N) is 1. The Morgan fingerprint density at radius 3 is 2.76 bits per heavy atom. The number of piperazine rings is 1. The second-order valence-electron chi connectivity index (χ2n) is 4.36. The zero-order valence-corrected chi connectivity index (χ0v) is 13.6. The zero-order chi connectivity index (χ0) is 14.5. The molecule has 2 rings (SSSR count). The van der Waals surface area contributed by atoms with Crippen molar-refractivity contribution in [1.82, 2.24) is 10.2 Å². The normalized spacial score (nSPS) is 14.4. The Kier molecular flexibility index (Phi) is 7.16. The smallest absolute Gasteiger partial charge is 0.270 e. The van der Waals surface area contributed by atoms with Crippen LogP contribution in [0.5, 0.6) is 5.75 Å². The van der Waals surface area contributed by atoms with Crippen LogP contribution in [-0.2, 0) is 5.75 Å². The minimum absolute atomic E-state index is 0. The summed E-state index contributed by atoms with van der Waals surface area (Å²) in [6, 6.07) is 4.03. The maximum Gasteiger partial charge on any atom is 0.270 e. The largest absolute Gasteiger partial charge is 0.508 e. The number of non-ortho nitro benzene ring substituents is 1. The van der Waals surface area contributed by atoms with Crippen molar-refractivity contribution < 1.29 is 10.0 Å². The molecule has 0 spiro atoms. The Morgan fingerprint density at radius 1 is 1.48 bits per heavy atom. The van der Waals surface area contributed by atoms with Gasteiger partial charge in [0.25, 0.3) is 5.69 Å². The molecular formula is C12H16ClN3O3S2. The van der Waals surface area contributed by atoms with Crippen molar-refractivity contribution in [2.75, 3.05) is 26.2 Å². The van der Waals surface area contributed by atoms with Crippen LogP contribution in [0.1, 0.15) is 5.56 Å². The van der Waals surface area contributed by atoms with Crippen LogP contribution in [0.15, 0.2) is 18.2 Å². The number of benzene rings is 1. The summed E-state index contributed by atoms with van der Waals surface area (Å²) in [6.07, 6.45) is 0. The first-order valence-electron chi connectivity index (χ1n) is 6.16. The molecule has 1 aromatic carbocycles. The molecule has 1 saturated heterocycles. The van der Waals surface area contributed by atoms with E-state index in [0.717, 1.165) is 30.5 Å². The standard InChI is InChI=1S/C12H15N3O3S2.ClH/c16-11-2-1-10(15(17)18)7-9(11)8-20-12(19)14-5-3-13-4-6-14;/h1-2,7,13,16H,3-6,8H2;1H. The summed E-state index contributed by atoms with van der Waals surface area (Å²) in [5.74, 6) is 0.488. The molecule has 0 unspecified atom stereocenters. The van der Waals surface area contributed by atoms with Crippen molar-refractivity contribution >= 4 is 46.4 Å². The number of hydrogen-bond acceptors (Lipinski definition) is 6. The third-order valence-electron chi connectivity index (χ3n) is 3.00. The zero-order valence-electron chi connectivity index (χ0n) is 11.2. The lowest BCUT2D eigenvalue weighted by atomic mass is 10.2. The maximum absolute atomic E-state index is 10.7. The summed E-state index contributed by atoms with van der Waals surface area (Å²) in [7, 11) is 0. The Bertz CT molecular complexity index is 524. The Hall–Kier alpha value is -1.09. The fourth-order valence-corrected chi connectivity index (χ4v) is 3.11. The third kappa shape index (κ3) is 4.99. The van der Waals surface area contributed by atoms with Gasteiger partial charge in [-0.15, -0.1) is 12.4 Å². The number of halogens is 1. The summed E-state index contributed by atoms with van der Waals surface area (Å²) in [5, 5.41) is 23.7. The van der Waals surface area contributed by atoms with Crippen LogP contribution < -0.4 is 5.32 Å². The molecule has 0 atom stereocenters. The average molecular weight is 350 g/mol. The van der Waals surface area contributed by atoms with Gasteiger partial charge in [-0.3, -0.25) is 10.1 Å². The molecule has 2 N–H and O–H groups in total. The van der Waals surface area contributed by atoms with Gasteiger partial charge in [0.05, 0.1) is 4.92 Å². The lowest BCUT2D eigenvalue weighted by molar-refractivity contribution is -0.384.